The van der Waals surface area contributed by atoms with Crippen LogP contribution in [0.2, 0.25) is 0 Å². The fraction of sp³-hybridized carbons (Fsp3) is 0.438. The third-order valence-electron chi connectivity index (χ3n) is 3.97. The third-order valence-corrected chi connectivity index (χ3v) is 5.83. The third kappa shape index (κ3) is 4.79. The van der Waals surface area contributed by atoms with Gasteiger partial charge in [-0.05, 0) is 30.7 Å². The summed E-state index contributed by atoms with van der Waals surface area (Å²) >= 11 is 0. The van der Waals surface area contributed by atoms with E-state index in [1.807, 2.05) is 0 Å². The minimum absolute atomic E-state index is 0.0114. The van der Waals surface area contributed by atoms with Gasteiger partial charge in [0.2, 0.25) is 15.9 Å². The van der Waals surface area contributed by atoms with Crippen molar-refractivity contribution in [1.29, 1.82) is 0 Å². The first kappa shape index (κ1) is 19.9. The minimum atomic E-state index is -3.80. The van der Waals surface area contributed by atoms with E-state index in [0.717, 1.165) is 4.31 Å². The molecule has 0 aliphatic carbocycles. The Labute approximate surface area is 151 Å². The number of carbonyl (C=O) groups is 3. The fourth-order valence-electron chi connectivity index (χ4n) is 2.53. The van der Waals surface area contributed by atoms with Crippen molar-refractivity contribution < 1.29 is 27.9 Å². The lowest BCUT2D eigenvalue weighted by molar-refractivity contribution is -0.137. The van der Waals surface area contributed by atoms with Crippen molar-refractivity contribution >= 4 is 27.8 Å². The number of nitrogens with zero attached hydrogens (tertiary/aromatic N) is 2. The van der Waals surface area contributed by atoms with Crippen molar-refractivity contribution in [1.82, 2.24) is 14.5 Å². The average Bonchev–Trinajstić information content (AvgIpc) is 2.60. The van der Waals surface area contributed by atoms with Crippen molar-refractivity contribution in [3.05, 3.63) is 29.8 Å². The number of carbonyl (C=O) groups excluding carboxylic acids is 2. The summed E-state index contributed by atoms with van der Waals surface area (Å²) in [4.78, 5) is 35.6. The molecule has 9 nitrogen and oxygen atoms in total. The van der Waals surface area contributed by atoms with Crippen LogP contribution < -0.4 is 5.32 Å². The zero-order valence-corrected chi connectivity index (χ0v) is 15.2. The van der Waals surface area contributed by atoms with Crippen LogP contribution in [0.15, 0.2) is 29.2 Å². The normalized spacial score (nSPS) is 15.3. The molecule has 2 rings (SSSR count). The topological polar surface area (TPSA) is 124 Å². The second-order valence-electron chi connectivity index (χ2n) is 5.94. The number of piperazine rings is 1. The lowest BCUT2D eigenvalue weighted by Gasteiger charge is -2.26. The van der Waals surface area contributed by atoms with E-state index < -0.39 is 16.0 Å². The van der Waals surface area contributed by atoms with Crippen molar-refractivity contribution in [2.45, 2.75) is 17.7 Å². The number of aliphatic carboxylic acids is 1. The van der Waals surface area contributed by atoms with E-state index >= 15 is 0 Å². The number of nitrogens with one attached hydrogen (secondary N) is 1. The molecule has 1 aromatic carbocycles. The molecule has 26 heavy (non-hydrogen) atoms. The van der Waals surface area contributed by atoms with Crippen LogP contribution >= 0.6 is 0 Å². The molecule has 2 amide bonds. The highest BCUT2D eigenvalue weighted by Crippen LogP contribution is 2.18. The molecule has 142 valence electrons. The maximum absolute atomic E-state index is 12.5. The zero-order chi connectivity index (χ0) is 19.3. The van der Waals surface area contributed by atoms with Crippen molar-refractivity contribution in [2.24, 2.45) is 0 Å². The zero-order valence-electron chi connectivity index (χ0n) is 14.3. The van der Waals surface area contributed by atoms with Gasteiger partial charge in [0.05, 0.1) is 11.4 Å². The van der Waals surface area contributed by atoms with E-state index in [9.17, 15) is 22.8 Å². The monoisotopic (exact) mass is 383 g/mol. The summed E-state index contributed by atoms with van der Waals surface area (Å²) in [5.74, 6) is -1.60. The molecule has 1 heterocycles. The Morgan fingerprint density at radius 3 is 2.50 bits per heavy atom. The molecular weight excluding hydrogens is 362 g/mol. The first-order valence-electron chi connectivity index (χ1n) is 8.06. The fourth-order valence-corrected chi connectivity index (χ4v) is 3.93. The SMILES string of the molecule is CN(CCCC(=O)O)C(=O)c1ccc(S(=O)(=O)N2CCNC(=O)C2)cc1. The molecule has 0 bridgehead atoms. The number of carboxylic acid groups (broad SMARTS) is 1. The predicted molar refractivity (Wildman–Crippen MR) is 92.0 cm³/mol. The van der Waals surface area contributed by atoms with Crippen molar-refractivity contribution in [3.63, 3.8) is 0 Å². The van der Waals surface area contributed by atoms with E-state index in [-0.39, 0.29) is 49.3 Å². The number of amides is 2. The maximum Gasteiger partial charge on any atom is 0.303 e. The highest BCUT2D eigenvalue weighted by molar-refractivity contribution is 7.89. The molecule has 10 heteroatoms. The molecule has 0 radical (unpaired) electrons. The maximum atomic E-state index is 12.5. The van der Waals surface area contributed by atoms with Crippen LogP contribution in [0.4, 0.5) is 0 Å². The summed E-state index contributed by atoms with van der Waals surface area (Å²) in [6.07, 6.45) is 0.305. The highest BCUT2D eigenvalue weighted by atomic mass is 32.2. The van der Waals surface area contributed by atoms with Gasteiger partial charge in [0.15, 0.2) is 0 Å². The molecule has 0 saturated carbocycles. The molecule has 0 spiro atoms. The first-order chi connectivity index (χ1) is 12.2. The van der Waals surface area contributed by atoms with Gasteiger partial charge in [-0.1, -0.05) is 0 Å². The Bertz CT molecular complexity index is 791. The molecule has 1 aliphatic heterocycles. The van der Waals surface area contributed by atoms with Crippen molar-refractivity contribution in [3.8, 4) is 0 Å². The first-order valence-corrected chi connectivity index (χ1v) is 9.50. The molecule has 1 aromatic rings. The Hall–Kier alpha value is -2.46. The van der Waals surface area contributed by atoms with Crippen molar-refractivity contribution in [2.75, 3.05) is 33.2 Å². The van der Waals surface area contributed by atoms with Crippen LogP contribution in [0.1, 0.15) is 23.2 Å². The van der Waals surface area contributed by atoms with Crippen LogP contribution in [0.25, 0.3) is 0 Å². The highest BCUT2D eigenvalue weighted by Gasteiger charge is 2.29. The Kier molecular flexibility index (Phi) is 6.32. The number of rotatable bonds is 7. The van der Waals surface area contributed by atoms with Gasteiger partial charge >= 0.3 is 5.97 Å². The van der Waals surface area contributed by atoms with E-state index in [0.29, 0.717) is 12.0 Å². The van der Waals surface area contributed by atoms with Crippen LogP contribution in [0.5, 0.6) is 0 Å². The van der Waals surface area contributed by atoms with Gasteiger partial charge in [-0.3, -0.25) is 14.4 Å². The van der Waals surface area contributed by atoms with Gasteiger partial charge in [0.25, 0.3) is 5.91 Å². The smallest absolute Gasteiger partial charge is 0.303 e. The summed E-state index contributed by atoms with van der Waals surface area (Å²) in [5, 5.41) is 11.2. The van der Waals surface area contributed by atoms with Crippen LogP contribution in [-0.4, -0.2) is 73.7 Å². The van der Waals surface area contributed by atoms with Crippen LogP contribution in [0, 0.1) is 0 Å². The van der Waals surface area contributed by atoms with Gasteiger partial charge in [0, 0.05) is 38.7 Å². The number of hydrogen-bond donors (Lipinski definition) is 2. The summed E-state index contributed by atoms with van der Waals surface area (Å²) in [6.45, 7) is 0.514. The Balaban J connectivity index is 2.06. The summed E-state index contributed by atoms with van der Waals surface area (Å²) in [6, 6.07) is 5.49. The van der Waals surface area contributed by atoms with Gasteiger partial charge in [0.1, 0.15) is 0 Å². The van der Waals surface area contributed by atoms with E-state index in [4.69, 9.17) is 5.11 Å². The quantitative estimate of drug-likeness (QED) is 0.669. The number of hydrogen-bond acceptors (Lipinski definition) is 5. The van der Waals surface area contributed by atoms with Gasteiger partial charge in [-0.15, -0.1) is 0 Å². The van der Waals surface area contributed by atoms with E-state index in [1.54, 1.807) is 7.05 Å². The van der Waals surface area contributed by atoms with Gasteiger partial charge in [-0.2, -0.15) is 4.31 Å². The molecule has 1 aliphatic rings. The average molecular weight is 383 g/mol. The molecule has 1 fully saturated rings. The lowest BCUT2D eigenvalue weighted by Crippen LogP contribution is -2.49. The molecular formula is C16H21N3O6S. The van der Waals surface area contributed by atoms with Gasteiger partial charge in [-0.25, -0.2) is 8.42 Å². The second-order valence-corrected chi connectivity index (χ2v) is 7.87. The molecule has 0 atom stereocenters. The summed E-state index contributed by atoms with van der Waals surface area (Å²) in [5.41, 5.74) is 0.304. The van der Waals surface area contributed by atoms with E-state index in [2.05, 4.69) is 5.32 Å². The Morgan fingerprint density at radius 2 is 1.92 bits per heavy atom. The summed E-state index contributed by atoms with van der Waals surface area (Å²) < 4.78 is 26.2. The van der Waals surface area contributed by atoms with Crippen LogP contribution in [-0.2, 0) is 19.6 Å². The summed E-state index contributed by atoms with van der Waals surface area (Å²) in [7, 11) is -2.24. The second kappa shape index (κ2) is 8.28. The minimum Gasteiger partial charge on any atom is -0.481 e. The molecule has 0 unspecified atom stereocenters. The standard InChI is InChI=1S/C16H21N3O6S/c1-18(9-2-3-15(21)22)16(23)12-4-6-13(7-5-12)26(24,25)19-10-8-17-14(20)11-19/h4-7H,2-3,8-11H2,1H3,(H,17,20)(H,21,22). The van der Waals surface area contributed by atoms with Crippen LogP contribution in [0.3, 0.4) is 0 Å². The molecule has 2 N–H and O–H groups in total. The number of sulfonamides is 1. The molecule has 1 saturated heterocycles. The predicted octanol–water partition coefficient (Wildman–Crippen LogP) is -0.256. The van der Waals surface area contributed by atoms with Gasteiger partial charge < -0.3 is 15.3 Å². The largest absolute Gasteiger partial charge is 0.481 e. The molecule has 0 aromatic heterocycles. The number of benzene rings is 1. The Morgan fingerprint density at radius 1 is 1.27 bits per heavy atom. The van der Waals surface area contributed by atoms with E-state index in [1.165, 1.54) is 29.2 Å². The number of carboxylic acids is 1. The lowest BCUT2D eigenvalue weighted by atomic mass is 10.2.